The third kappa shape index (κ3) is 7.09. The number of halogens is 1. The lowest BCUT2D eigenvalue weighted by Crippen LogP contribution is -2.36. The third-order valence-electron chi connectivity index (χ3n) is 7.04. The molecule has 1 fully saturated rings. The van der Waals surface area contributed by atoms with E-state index in [-0.39, 0.29) is 29.9 Å². The molecule has 1 aliphatic carbocycles. The predicted octanol–water partition coefficient (Wildman–Crippen LogP) is 6.98. The molecule has 3 aromatic carbocycles. The minimum atomic E-state index is -0.347. The number of rotatable bonds is 9. The summed E-state index contributed by atoms with van der Waals surface area (Å²) in [6.45, 7) is 0.875. The van der Waals surface area contributed by atoms with Crippen molar-refractivity contribution >= 4 is 35.3 Å². The van der Waals surface area contributed by atoms with Gasteiger partial charge in [0.05, 0.1) is 12.2 Å². The van der Waals surface area contributed by atoms with Crippen LogP contribution in [0.3, 0.4) is 0 Å². The molecule has 39 heavy (non-hydrogen) atoms. The van der Waals surface area contributed by atoms with Crippen LogP contribution in [0.15, 0.2) is 78.6 Å². The molecule has 2 aliphatic rings. The van der Waals surface area contributed by atoms with Gasteiger partial charge in [0.1, 0.15) is 5.82 Å². The molecule has 0 radical (unpaired) electrons. The van der Waals surface area contributed by atoms with Gasteiger partial charge in [-0.1, -0.05) is 55.7 Å². The quantitative estimate of drug-likeness (QED) is 0.233. The lowest BCUT2D eigenvalue weighted by molar-refractivity contribution is -0.117. The Balaban J connectivity index is 1.20. The van der Waals surface area contributed by atoms with Gasteiger partial charge in [0.25, 0.3) is 11.8 Å². The van der Waals surface area contributed by atoms with Crippen molar-refractivity contribution in [1.82, 2.24) is 5.32 Å². The number of hydrogen-bond acceptors (Lipinski definition) is 4. The van der Waals surface area contributed by atoms with E-state index in [0.29, 0.717) is 29.1 Å². The molecule has 0 bridgehead atoms. The minimum absolute atomic E-state index is 0.0999. The average Bonchev–Trinajstić information content (AvgIpc) is 2.96. The molecule has 0 unspecified atom stereocenters. The molecular weight excluding hydrogens is 511 g/mol. The fourth-order valence-electron chi connectivity index (χ4n) is 4.98. The fourth-order valence-corrected chi connectivity index (χ4v) is 6.29. The van der Waals surface area contributed by atoms with Crippen LogP contribution in [0.5, 0.6) is 5.75 Å². The Morgan fingerprint density at radius 1 is 1.03 bits per heavy atom. The number of hydrogen-bond donors (Lipinski definition) is 1. The molecular formula is C32H33FN2O3S. The van der Waals surface area contributed by atoms with E-state index in [9.17, 15) is 14.0 Å². The first-order chi connectivity index (χ1) is 19.1. The fraction of sp³-hybridized carbons (Fsp3) is 0.312. The molecule has 1 saturated carbocycles. The summed E-state index contributed by atoms with van der Waals surface area (Å²) in [6, 6.07) is 20.6. The van der Waals surface area contributed by atoms with Crippen molar-refractivity contribution in [2.24, 2.45) is 0 Å². The largest absolute Gasteiger partial charge is 0.449 e. The molecule has 7 heteroatoms. The van der Waals surface area contributed by atoms with Crippen LogP contribution in [-0.4, -0.2) is 29.4 Å². The second-order valence-corrected chi connectivity index (χ2v) is 11.4. The van der Waals surface area contributed by atoms with E-state index in [0.717, 1.165) is 23.0 Å². The summed E-state index contributed by atoms with van der Waals surface area (Å²) in [5, 5.41) is 3.80. The summed E-state index contributed by atoms with van der Waals surface area (Å²) < 4.78 is 19.7. The zero-order valence-corrected chi connectivity index (χ0v) is 22.7. The zero-order valence-electron chi connectivity index (χ0n) is 21.9. The van der Waals surface area contributed by atoms with Crippen LogP contribution in [0.25, 0.3) is 6.08 Å². The van der Waals surface area contributed by atoms with Crippen LogP contribution in [0.4, 0.5) is 10.1 Å². The summed E-state index contributed by atoms with van der Waals surface area (Å²) in [7, 11) is 0. The number of nitrogens with zero attached hydrogens (tertiary/aromatic N) is 1. The number of benzene rings is 3. The molecule has 1 heterocycles. The number of thioether (sulfide) groups is 1. The van der Waals surface area contributed by atoms with Crippen molar-refractivity contribution in [3.8, 4) is 5.75 Å². The van der Waals surface area contributed by atoms with Gasteiger partial charge >= 0.3 is 0 Å². The Morgan fingerprint density at radius 2 is 1.82 bits per heavy atom. The standard InChI is InChI=1S/C32H33FN2O3S/c33-26-9-6-8-24(20-26)22-35-28-12-4-5-13-29(28)38-30(32(35)37)21-23-14-16-25(17-15-23)31(36)34-18-7-19-39-27-10-2-1-3-11-27/h4-6,8-9,12-17,20-21,27H,1-3,7,10-11,18-19,22H2,(H,34,36). The molecule has 5 rings (SSSR count). The van der Waals surface area contributed by atoms with E-state index < -0.39 is 0 Å². The number of carbonyl (C=O) groups excluding carboxylic acids is 2. The van der Waals surface area contributed by atoms with Gasteiger partial charge in [-0.25, -0.2) is 4.39 Å². The topological polar surface area (TPSA) is 58.6 Å². The summed E-state index contributed by atoms with van der Waals surface area (Å²) in [5.41, 5.74) is 2.63. The van der Waals surface area contributed by atoms with Crippen LogP contribution in [0.2, 0.25) is 0 Å². The van der Waals surface area contributed by atoms with E-state index in [2.05, 4.69) is 5.32 Å². The number of nitrogens with one attached hydrogen (secondary N) is 1. The van der Waals surface area contributed by atoms with Crippen molar-refractivity contribution in [1.29, 1.82) is 0 Å². The van der Waals surface area contributed by atoms with Crippen molar-refractivity contribution in [3.05, 3.63) is 101 Å². The maximum atomic E-state index is 13.8. The second-order valence-electron chi connectivity index (χ2n) is 9.96. The molecule has 0 spiro atoms. The number of ether oxygens (including phenoxy) is 1. The van der Waals surface area contributed by atoms with Gasteiger partial charge in [-0.05, 0) is 78.6 Å². The predicted molar refractivity (Wildman–Crippen MR) is 155 cm³/mol. The number of amides is 2. The van der Waals surface area contributed by atoms with Gasteiger partial charge in [0.2, 0.25) is 0 Å². The van der Waals surface area contributed by atoms with Gasteiger partial charge in [-0.15, -0.1) is 0 Å². The summed E-state index contributed by atoms with van der Waals surface area (Å²) in [4.78, 5) is 27.6. The van der Waals surface area contributed by atoms with Gasteiger partial charge < -0.3 is 10.1 Å². The van der Waals surface area contributed by atoms with Crippen LogP contribution < -0.4 is 15.0 Å². The monoisotopic (exact) mass is 544 g/mol. The lowest BCUT2D eigenvalue weighted by Gasteiger charge is -2.30. The van der Waals surface area contributed by atoms with Crippen molar-refractivity contribution in [2.45, 2.75) is 50.3 Å². The second kappa shape index (κ2) is 13.0. The van der Waals surface area contributed by atoms with Crippen LogP contribution in [0, 0.1) is 5.82 Å². The van der Waals surface area contributed by atoms with E-state index in [1.54, 1.807) is 53.4 Å². The maximum Gasteiger partial charge on any atom is 0.294 e. The molecule has 202 valence electrons. The van der Waals surface area contributed by atoms with Gasteiger partial charge in [-0.3, -0.25) is 14.5 Å². The van der Waals surface area contributed by atoms with Crippen LogP contribution in [-0.2, 0) is 11.3 Å². The Labute approximate surface area is 233 Å². The van der Waals surface area contributed by atoms with Crippen molar-refractivity contribution in [2.75, 3.05) is 17.2 Å². The SMILES string of the molecule is O=C(NCCCSC1CCCCC1)c1ccc(C=C2Oc3ccccc3N(Cc3cccc(F)c3)C2=O)cc1. The van der Waals surface area contributed by atoms with E-state index in [4.69, 9.17) is 4.74 Å². The Kier molecular flexibility index (Phi) is 8.99. The number of anilines is 1. The maximum absolute atomic E-state index is 13.8. The van der Waals surface area contributed by atoms with Crippen LogP contribution in [0.1, 0.15) is 60.0 Å². The number of carbonyl (C=O) groups is 2. The first kappa shape index (κ1) is 27.0. The normalized spacial score (nSPS) is 16.6. The highest BCUT2D eigenvalue weighted by molar-refractivity contribution is 7.99. The lowest BCUT2D eigenvalue weighted by atomic mass is 10.0. The number of para-hydroxylation sites is 2. The molecule has 0 saturated heterocycles. The highest BCUT2D eigenvalue weighted by atomic mass is 32.2. The van der Waals surface area contributed by atoms with Crippen molar-refractivity contribution in [3.63, 3.8) is 0 Å². The summed E-state index contributed by atoms with van der Waals surface area (Å²) >= 11 is 2.04. The van der Waals surface area contributed by atoms with Crippen LogP contribution >= 0.6 is 11.8 Å². The molecule has 1 aliphatic heterocycles. The molecule has 0 atom stereocenters. The molecule has 3 aromatic rings. The highest BCUT2D eigenvalue weighted by Gasteiger charge is 2.30. The van der Waals surface area contributed by atoms with E-state index in [1.807, 2.05) is 30.0 Å². The third-order valence-corrected chi connectivity index (χ3v) is 8.51. The zero-order chi connectivity index (χ0) is 27.0. The molecule has 2 amide bonds. The van der Waals surface area contributed by atoms with E-state index >= 15 is 0 Å². The van der Waals surface area contributed by atoms with Gasteiger partial charge in [-0.2, -0.15) is 11.8 Å². The Morgan fingerprint density at radius 3 is 2.62 bits per heavy atom. The molecule has 5 nitrogen and oxygen atoms in total. The first-order valence-electron chi connectivity index (χ1n) is 13.6. The van der Waals surface area contributed by atoms with E-state index in [1.165, 1.54) is 44.2 Å². The van der Waals surface area contributed by atoms with Crippen molar-refractivity contribution < 1.29 is 18.7 Å². The minimum Gasteiger partial charge on any atom is -0.449 e. The Bertz CT molecular complexity index is 1340. The smallest absolute Gasteiger partial charge is 0.294 e. The number of fused-ring (bicyclic) bond motifs is 1. The average molecular weight is 545 g/mol. The highest BCUT2D eigenvalue weighted by Crippen LogP contribution is 2.36. The summed E-state index contributed by atoms with van der Waals surface area (Å²) in [6.07, 6.45) is 9.35. The Hall–Kier alpha value is -3.58. The van der Waals surface area contributed by atoms with Gasteiger partial charge in [0.15, 0.2) is 11.5 Å². The molecule has 0 aromatic heterocycles. The molecule has 1 N–H and O–H groups in total. The summed E-state index contributed by atoms with van der Waals surface area (Å²) in [5.74, 6) is 1.03. The first-order valence-corrected chi connectivity index (χ1v) is 14.7. The van der Waals surface area contributed by atoms with Gasteiger partial charge in [0, 0.05) is 17.4 Å².